The Morgan fingerprint density at radius 3 is 2.68 bits per heavy atom. The van der Waals surface area contributed by atoms with Crippen molar-refractivity contribution in [3.8, 4) is 11.1 Å². The van der Waals surface area contributed by atoms with Crippen LogP contribution in [0.25, 0.3) is 11.1 Å². The number of nitrogen functional groups attached to an aromatic ring is 1. The fourth-order valence-corrected chi connectivity index (χ4v) is 1.99. The lowest BCUT2D eigenvalue weighted by Crippen LogP contribution is -1.99. The van der Waals surface area contributed by atoms with Crippen LogP contribution in [0.5, 0.6) is 0 Å². The molecule has 2 N–H and O–H groups in total. The molecule has 0 spiro atoms. The molecule has 0 aliphatic heterocycles. The van der Waals surface area contributed by atoms with E-state index in [1.807, 2.05) is 53.5 Å². The van der Waals surface area contributed by atoms with E-state index in [1.54, 1.807) is 12.4 Å². The minimum absolute atomic E-state index is 0.741. The van der Waals surface area contributed by atoms with Gasteiger partial charge in [-0.2, -0.15) is 5.10 Å². The van der Waals surface area contributed by atoms with Crippen molar-refractivity contribution >= 4 is 5.69 Å². The van der Waals surface area contributed by atoms with E-state index in [4.69, 9.17) is 5.73 Å². The summed E-state index contributed by atoms with van der Waals surface area (Å²) in [5, 5.41) is 4.37. The molecular weight excluding hydrogens is 236 g/mol. The minimum Gasteiger partial charge on any atom is -0.399 e. The number of rotatable bonds is 3. The van der Waals surface area contributed by atoms with Crippen molar-refractivity contribution in [1.82, 2.24) is 14.8 Å². The predicted octanol–water partition coefficient (Wildman–Crippen LogP) is 2.58. The summed E-state index contributed by atoms with van der Waals surface area (Å²) in [6.45, 7) is 0.741. The first-order chi connectivity index (χ1) is 9.31. The van der Waals surface area contributed by atoms with Gasteiger partial charge in [-0.1, -0.05) is 12.1 Å². The summed E-state index contributed by atoms with van der Waals surface area (Å²) in [6.07, 6.45) is 7.46. The van der Waals surface area contributed by atoms with Crippen molar-refractivity contribution < 1.29 is 0 Å². The highest BCUT2D eigenvalue weighted by molar-refractivity contribution is 5.65. The normalized spacial score (nSPS) is 10.5. The van der Waals surface area contributed by atoms with Crippen molar-refractivity contribution in [3.63, 3.8) is 0 Å². The summed E-state index contributed by atoms with van der Waals surface area (Å²) in [7, 11) is 0. The van der Waals surface area contributed by atoms with E-state index >= 15 is 0 Å². The van der Waals surface area contributed by atoms with Crippen LogP contribution in [-0.2, 0) is 6.54 Å². The number of aromatic nitrogens is 3. The van der Waals surface area contributed by atoms with E-state index in [9.17, 15) is 0 Å². The molecule has 0 bridgehead atoms. The first-order valence-electron chi connectivity index (χ1n) is 6.08. The third-order valence-corrected chi connectivity index (χ3v) is 2.95. The molecule has 0 saturated heterocycles. The van der Waals surface area contributed by atoms with Gasteiger partial charge in [0.15, 0.2) is 0 Å². The maximum Gasteiger partial charge on any atom is 0.0660 e. The van der Waals surface area contributed by atoms with Crippen LogP contribution in [0.15, 0.2) is 61.2 Å². The number of nitrogens with two attached hydrogens (primary N) is 1. The number of hydrogen-bond donors (Lipinski definition) is 1. The highest BCUT2D eigenvalue weighted by Gasteiger charge is 2.02. The second-order valence-electron chi connectivity index (χ2n) is 4.41. The monoisotopic (exact) mass is 250 g/mol. The molecule has 1 aromatic carbocycles. The fourth-order valence-electron chi connectivity index (χ4n) is 1.99. The van der Waals surface area contributed by atoms with Crippen molar-refractivity contribution in [2.45, 2.75) is 6.54 Å². The number of anilines is 1. The van der Waals surface area contributed by atoms with Gasteiger partial charge in [0.25, 0.3) is 0 Å². The van der Waals surface area contributed by atoms with Crippen LogP contribution in [0, 0.1) is 0 Å². The number of benzene rings is 1. The van der Waals surface area contributed by atoms with E-state index in [2.05, 4.69) is 10.1 Å². The molecule has 0 aliphatic rings. The first-order valence-corrected chi connectivity index (χ1v) is 6.08. The molecule has 0 radical (unpaired) electrons. The van der Waals surface area contributed by atoms with Crippen LogP contribution in [0.1, 0.15) is 5.56 Å². The van der Waals surface area contributed by atoms with E-state index in [0.717, 1.165) is 23.4 Å². The highest BCUT2D eigenvalue weighted by Crippen LogP contribution is 2.20. The number of nitrogens with zero attached hydrogens (tertiary/aromatic N) is 3. The van der Waals surface area contributed by atoms with Crippen LogP contribution >= 0.6 is 0 Å². The molecule has 0 saturated carbocycles. The molecule has 94 valence electrons. The molecule has 0 fully saturated rings. The Morgan fingerprint density at radius 2 is 1.89 bits per heavy atom. The SMILES string of the molecule is Nc1cccc(-c2cnn(Cc3ccncc3)c2)c1. The molecule has 3 rings (SSSR count). The van der Waals surface area contributed by atoms with Gasteiger partial charge in [-0.25, -0.2) is 0 Å². The summed E-state index contributed by atoms with van der Waals surface area (Å²) < 4.78 is 1.91. The Hall–Kier alpha value is -2.62. The molecule has 0 atom stereocenters. The Kier molecular flexibility index (Phi) is 2.98. The molecule has 3 aromatic rings. The maximum atomic E-state index is 5.79. The summed E-state index contributed by atoms with van der Waals surface area (Å²) in [5.74, 6) is 0. The lowest BCUT2D eigenvalue weighted by Gasteiger charge is -2.01. The van der Waals surface area contributed by atoms with Gasteiger partial charge < -0.3 is 5.73 Å². The van der Waals surface area contributed by atoms with Gasteiger partial charge in [0.1, 0.15) is 0 Å². The van der Waals surface area contributed by atoms with Gasteiger partial charge in [0.05, 0.1) is 12.7 Å². The third kappa shape index (κ3) is 2.63. The van der Waals surface area contributed by atoms with Crippen LogP contribution < -0.4 is 5.73 Å². The second kappa shape index (κ2) is 4.94. The maximum absolute atomic E-state index is 5.79. The summed E-state index contributed by atoms with van der Waals surface area (Å²) in [6, 6.07) is 11.8. The second-order valence-corrected chi connectivity index (χ2v) is 4.41. The molecule has 19 heavy (non-hydrogen) atoms. The standard InChI is InChI=1S/C15H14N4/c16-15-3-1-2-13(8-15)14-9-18-19(11-14)10-12-4-6-17-7-5-12/h1-9,11H,10,16H2. The van der Waals surface area contributed by atoms with Crippen molar-refractivity contribution in [2.24, 2.45) is 0 Å². The number of pyridine rings is 1. The molecule has 4 nitrogen and oxygen atoms in total. The fraction of sp³-hybridized carbons (Fsp3) is 0.0667. The molecule has 2 heterocycles. The molecule has 0 aliphatic carbocycles. The van der Waals surface area contributed by atoms with Crippen molar-refractivity contribution in [3.05, 3.63) is 66.7 Å². The van der Waals surface area contributed by atoms with Gasteiger partial charge in [0.2, 0.25) is 0 Å². The van der Waals surface area contributed by atoms with E-state index in [-0.39, 0.29) is 0 Å². The van der Waals surface area contributed by atoms with Crippen LogP contribution in [0.4, 0.5) is 5.69 Å². The first kappa shape index (κ1) is 11.5. The Balaban J connectivity index is 1.84. The Morgan fingerprint density at radius 1 is 1.05 bits per heavy atom. The zero-order valence-corrected chi connectivity index (χ0v) is 10.4. The van der Waals surface area contributed by atoms with E-state index in [1.165, 1.54) is 5.56 Å². The van der Waals surface area contributed by atoms with Gasteiger partial charge in [-0.05, 0) is 35.4 Å². The van der Waals surface area contributed by atoms with E-state index < -0.39 is 0 Å². The van der Waals surface area contributed by atoms with Crippen LogP contribution in [-0.4, -0.2) is 14.8 Å². The van der Waals surface area contributed by atoms with Gasteiger partial charge in [-0.3, -0.25) is 9.67 Å². The zero-order chi connectivity index (χ0) is 13.1. The van der Waals surface area contributed by atoms with Gasteiger partial charge in [-0.15, -0.1) is 0 Å². The van der Waals surface area contributed by atoms with Crippen LogP contribution in [0.2, 0.25) is 0 Å². The molecular formula is C15H14N4. The minimum atomic E-state index is 0.741. The predicted molar refractivity (Wildman–Crippen MR) is 75.4 cm³/mol. The smallest absolute Gasteiger partial charge is 0.0660 e. The Labute approximate surface area is 111 Å². The number of hydrogen-bond acceptors (Lipinski definition) is 3. The summed E-state index contributed by atoms with van der Waals surface area (Å²) >= 11 is 0. The zero-order valence-electron chi connectivity index (χ0n) is 10.4. The molecule has 0 amide bonds. The highest BCUT2D eigenvalue weighted by atomic mass is 15.3. The van der Waals surface area contributed by atoms with Gasteiger partial charge in [0, 0.05) is 29.8 Å². The third-order valence-electron chi connectivity index (χ3n) is 2.95. The van der Waals surface area contributed by atoms with Crippen LogP contribution in [0.3, 0.4) is 0 Å². The quantitative estimate of drug-likeness (QED) is 0.727. The summed E-state index contributed by atoms with van der Waals surface area (Å²) in [5.41, 5.74) is 9.89. The average molecular weight is 250 g/mol. The lowest BCUT2D eigenvalue weighted by atomic mass is 10.1. The topological polar surface area (TPSA) is 56.7 Å². The van der Waals surface area contributed by atoms with Crippen molar-refractivity contribution in [2.75, 3.05) is 5.73 Å². The van der Waals surface area contributed by atoms with Gasteiger partial charge >= 0.3 is 0 Å². The summed E-state index contributed by atoms with van der Waals surface area (Å²) in [4.78, 5) is 4.01. The largest absolute Gasteiger partial charge is 0.399 e. The van der Waals surface area contributed by atoms with E-state index in [0.29, 0.717) is 0 Å². The Bertz CT molecular complexity index is 673. The molecule has 2 aromatic heterocycles. The lowest BCUT2D eigenvalue weighted by molar-refractivity contribution is 0.686. The molecule has 4 heteroatoms. The average Bonchev–Trinajstić information content (AvgIpc) is 2.88. The molecule has 0 unspecified atom stereocenters. The van der Waals surface area contributed by atoms with Crippen molar-refractivity contribution in [1.29, 1.82) is 0 Å².